The minimum absolute atomic E-state index is 0.00965. The number of hydrogen-bond acceptors (Lipinski definition) is 7. The normalized spacial score (nSPS) is 25.9. The number of carbonyl (C=O) groups excluding carboxylic acids is 2. The van der Waals surface area contributed by atoms with E-state index in [0.717, 1.165) is 52.8 Å². The van der Waals surface area contributed by atoms with Crippen LogP contribution >= 0.6 is 0 Å². The first kappa shape index (κ1) is 36.0. The third-order valence-electron chi connectivity index (χ3n) is 10.3. The quantitative estimate of drug-likeness (QED) is 0.265. The molecule has 3 aromatic rings. The average molecular weight is 696 g/mol. The Hall–Kier alpha value is -3.81. The minimum atomic E-state index is -5.03. The van der Waals surface area contributed by atoms with E-state index in [1.54, 1.807) is 0 Å². The number of amides is 2. The number of aliphatic hydroxyl groups excluding tert-OH is 2. The fourth-order valence-corrected chi connectivity index (χ4v) is 7.42. The lowest BCUT2D eigenvalue weighted by molar-refractivity contribution is -0.276. The number of aliphatic hydroxyl groups is 2. The third kappa shape index (κ3) is 7.89. The maximum atomic E-state index is 13.1. The highest BCUT2D eigenvalue weighted by molar-refractivity contribution is 5.90. The van der Waals surface area contributed by atoms with Crippen molar-refractivity contribution in [3.05, 3.63) is 95.1 Å². The Kier molecular flexibility index (Phi) is 11.2. The first-order valence-corrected chi connectivity index (χ1v) is 17.3. The van der Waals surface area contributed by atoms with Gasteiger partial charge in [0.1, 0.15) is 6.04 Å². The SMILES string of the molecule is CC1C(CN2CCCC2CO)OC(c2ccc(-c3ccccc3CNC(=O)C3CCCN3C(=O)C(F)(F)F)cc2)OC1c1ccc(CO)cc1. The Balaban J connectivity index is 1.18. The number of ether oxygens (including phenoxy) is 2. The molecule has 3 aliphatic heterocycles. The summed E-state index contributed by atoms with van der Waals surface area (Å²) in [5, 5.41) is 22.3. The topological polar surface area (TPSA) is 112 Å². The Bertz CT molecular complexity index is 1620. The molecule has 3 N–H and O–H groups in total. The summed E-state index contributed by atoms with van der Waals surface area (Å²) in [6, 6.07) is 22.0. The Morgan fingerprint density at radius 3 is 2.30 bits per heavy atom. The summed E-state index contributed by atoms with van der Waals surface area (Å²) in [5.74, 6) is -2.59. The zero-order chi connectivity index (χ0) is 35.4. The van der Waals surface area contributed by atoms with Gasteiger partial charge in [-0.25, -0.2) is 0 Å². The first-order chi connectivity index (χ1) is 24.1. The summed E-state index contributed by atoms with van der Waals surface area (Å²) in [5.41, 5.74) is 5.12. The molecule has 2 amide bonds. The maximum Gasteiger partial charge on any atom is 0.471 e. The molecule has 3 fully saturated rings. The molecule has 0 radical (unpaired) electrons. The minimum Gasteiger partial charge on any atom is -0.395 e. The lowest BCUT2D eigenvalue weighted by Gasteiger charge is -2.43. The smallest absolute Gasteiger partial charge is 0.395 e. The van der Waals surface area contributed by atoms with Crippen LogP contribution in [-0.2, 0) is 32.2 Å². The Morgan fingerprint density at radius 2 is 1.60 bits per heavy atom. The molecule has 0 bridgehead atoms. The fraction of sp³-hybridized carbons (Fsp3) is 0.474. The number of alkyl halides is 3. The van der Waals surface area contributed by atoms with Crippen LogP contribution in [0.25, 0.3) is 11.1 Å². The molecular formula is C38H44F3N3O6. The number of hydrogen-bond donors (Lipinski definition) is 3. The Labute approximate surface area is 290 Å². The second-order valence-corrected chi connectivity index (χ2v) is 13.4. The van der Waals surface area contributed by atoms with Gasteiger partial charge in [-0.15, -0.1) is 0 Å². The second-order valence-electron chi connectivity index (χ2n) is 13.4. The molecule has 3 saturated heterocycles. The molecule has 0 aromatic heterocycles. The van der Waals surface area contributed by atoms with Crippen LogP contribution in [0.4, 0.5) is 13.2 Å². The van der Waals surface area contributed by atoms with E-state index in [1.807, 2.05) is 72.8 Å². The number of rotatable bonds is 10. The number of carbonyl (C=O) groups is 2. The number of likely N-dealkylation sites (tertiary alicyclic amines) is 2. The molecule has 268 valence electrons. The van der Waals surface area contributed by atoms with Crippen LogP contribution < -0.4 is 5.32 Å². The van der Waals surface area contributed by atoms with E-state index in [-0.39, 0.29) is 56.9 Å². The zero-order valence-corrected chi connectivity index (χ0v) is 28.0. The van der Waals surface area contributed by atoms with Crippen molar-refractivity contribution in [3.63, 3.8) is 0 Å². The predicted octanol–water partition coefficient (Wildman–Crippen LogP) is 5.26. The summed E-state index contributed by atoms with van der Waals surface area (Å²) in [6.07, 6.45) is -3.65. The highest BCUT2D eigenvalue weighted by Gasteiger charge is 2.47. The van der Waals surface area contributed by atoms with Crippen molar-refractivity contribution in [1.82, 2.24) is 15.1 Å². The van der Waals surface area contributed by atoms with Gasteiger partial charge in [0.05, 0.1) is 25.4 Å². The summed E-state index contributed by atoms with van der Waals surface area (Å²) >= 11 is 0. The lowest BCUT2D eigenvalue weighted by Crippen LogP contribution is -2.50. The van der Waals surface area contributed by atoms with Crippen molar-refractivity contribution in [3.8, 4) is 11.1 Å². The number of nitrogens with one attached hydrogen (secondary N) is 1. The molecule has 3 aliphatic rings. The molecule has 50 heavy (non-hydrogen) atoms. The van der Waals surface area contributed by atoms with Crippen LogP contribution in [0.15, 0.2) is 72.8 Å². The molecule has 0 spiro atoms. The average Bonchev–Trinajstić information content (AvgIpc) is 3.81. The van der Waals surface area contributed by atoms with Crippen molar-refractivity contribution >= 4 is 11.8 Å². The number of benzene rings is 3. The van der Waals surface area contributed by atoms with Crippen LogP contribution in [0, 0.1) is 5.92 Å². The van der Waals surface area contributed by atoms with Gasteiger partial charge in [0, 0.05) is 37.2 Å². The molecule has 6 rings (SSSR count). The molecule has 3 heterocycles. The largest absolute Gasteiger partial charge is 0.471 e. The first-order valence-electron chi connectivity index (χ1n) is 17.3. The van der Waals surface area contributed by atoms with Crippen molar-refractivity contribution in [2.75, 3.05) is 26.2 Å². The van der Waals surface area contributed by atoms with Gasteiger partial charge < -0.3 is 29.9 Å². The monoisotopic (exact) mass is 695 g/mol. The van der Waals surface area contributed by atoms with Crippen molar-refractivity contribution in [1.29, 1.82) is 0 Å². The second kappa shape index (κ2) is 15.6. The van der Waals surface area contributed by atoms with E-state index in [9.17, 15) is 33.0 Å². The van der Waals surface area contributed by atoms with Crippen LogP contribution in [0.1, 0.15) is 67.3 Å². The zero-order valence-electron chi connectivity index (χ0n) is 28.0. The van der Waals surface area contributed by atoms with Gasteiger partial charge in [-0.3, -0.25) is 14.5 Å². The third-order valence-corrected chi connectivity index (χ3v) is 10.3. The van der Waals surface area contributed by atoms with Crippen molar-refractivity contribution < 1.29 is 42.4 Å². The highest BCUT2D eigenvalue weighted by atomic mass is 19.4. The van der Waals surface area contributed by atoms with Crippen molar-refractivity contribution in [2.45, 2.75) is 82.5 Å². The van der Waals surface area contributed by atoms with Crippen LogP contribution in [-0.4, -0.2) is 82.4 Å². The van der Waals surface area contributed by atoms with Gasteiger partial charge in [0.25, 0.3) is 0 Å². The standard InChI is InChI=1S/C38H44F3N3O6/c1-24-33(21-43-18-4-7-30(43)23-46)49-36(50-34(24)27-12-10-25(22-45)11-13-27)28-16-14-26(15-17-28)31-8-3-2-6-29(31)20-42-35(47)32-9-5-19-44(32)37(48)38(39,40)41/h2-3,6,8,10-17,24,30,32-34,36,45-46H,4-5,7,9,18-23H2,1H3,(H,42,47). The predicted molar refractivity (Wildman–Crippen MR) is 179 cm³/mol. The van der Waals surface area contributed by atoms with Crippen LogP contribution in [0.3, 0.4) is 0 Å². The van der Waals surface area contributed by atoms with Gasteiger partial charge in [-0.2, -0.15) is 13.2 Å². The molecule has 12 heteroatoms. The molecule has 3 aromatic carbocycles. The summed E-state index contributed by atoms with van der Waals surface area (Å²) in [6.45, 7) is 3.72. The number of halogens is 3. The maximum absolute atomic E-state index is 13.1. The molecular weight excluding hydrogens is 651 g/mol. The molecule has 0 aliphatic carbocycles. The van der Waals surface area contributed by atoms with Crippen molar-refractivity contribution in [2.24, 2.45) is 5.92 Å². The van der Waals surface area contributed by atoms with E-state index >= 15 is 0 Å². The summed E-state index contributed by atoms with van der Waals surface area (Å²) < 4.78 is 52.5. The van der Waals surface area contributed by atoms with E-state index in [2.05, 4.69) is 17.1 Å². The summed E-state index contributed by atoms with van der Waals surface area (Å²) in [4.78, 5) is 27.7. The number of nitrogens with zero attached hydrogens (tertiary/aromatic N) is 2. The fourth-order valence-electron chi connectivity index (χ4n) is 7.42. The summed E-state index contributed by atoms with van der Waals surface area (Å²) in [7, 11) is 0. The van der Waals surface area contributed by atoms with E-state index in [4.69, 9.17) is 9.47 Å². The van der Waals surface area contributed by atoms with Gasteiger partial charge in [-0.05, 0) is 60.0 Å². The van der Waals surface area contributed by atoms with Gasteiger partial charge in [0.2, 0.25) is 5.91 Å². The highest BCUT2D eigenvalue weighted by Crippen LogP contribution is 2.42. The Morgan fingerprint density at radius 1 is 0.900 bits per heavy atom. The van der Waals surface area contributed by atoms with Crippen LogP contribution in [0.5, 0.6) is 0 Å². The molecule has 6 unspecified atom stereocenters. The van der Waals surface area contributed by atoms with Gasteiger partial charge >= 0.3 is 12.1 Å². The molecule has 0 saturated carbocycles. The molecule has 6 atom stereocenters. The molecule has 9 nitrogen and oxygen atoms in total. The van der Waals surface area contributed by atoms with Gasteiger partial charge in [0.15, 0.2) is 6.29 Å². The van der Waals surface area contributed by atoms with E-state index < -0.39 is 30.3 Å². The van der Waals surface area contributed by atoms with E-state index in [0.29, 0.717) is 17.9 Å². The van der Waals surface area contributed by atoms with E-state index in [1.165, 1.54) is 0 Å². The van der Waals surface area contributed by atoms with Crippen LogP contribution in [0.2, 0.25) is 0 Å². The lowest BCUT2D eigenvalue weighted by atomic mass is 9.89. The van der Waals surface area contributed by atoms with Gasteiger partial charge in [-0.1, -0.05) is 79.7 Å².